The van der Waals surface area contributed by atoms with Crippen molar-refractivity contribution in [1.82, 2.24) is 4.57 Å². The number of alkyl halides is 9. The predicted molar refractivity (Wildman–Crippen MR) is 494 cm³/mol. The van der Waals surface area contributed by atoms with E-state index in [9.17, 15) is 78.8 Å². The van der Waals surface area contributed by atoms with Gasteiger partial charge in [-0.25, -0.2) is 0 Å². The van der Waals surface area contributed by atoms with Crippen LogP contribution in [0, 0.1) is 0 Å². The van der Waals surface area contributed by atoms with E-state index in [0.29, 0.717) is 37.2 Å². The average Bonchev–Trinajstić information content (AvgIpc) is 1.81. The molecule has 5 amide bonds. The van der Waals surface area contributed by atoms with Gasteiger partial charge >= 0.3 is 18.5 Å². The summed E-state index contributed by atoms with van der Waals surface area (Å²) in [6.07, 6.45) is -6.36. The highest BCUT2D eigenvalue weighted by atomic mass is 19.4. The van der Waals surface area contributed by atoms with Crippen molar-refractivity contribution in [3.63, 3.8) is 0 Å². The van der Waals surface area contributed by atoms with Crippen molar-refractivity contribution in [3.05, 3.63) is 302 Å². The average molecular weight is 1780 g/mol. The van der Waals surface area contributed by atoms with Gasteiger partial charge in [-0.2, -0.15) is 39.5 Å². The number of nitrogens with one attached hydrogen (secondary N) is 5. The Bertz CT molecular complexity index is 5730. The first-order valence-corrected chi connectivity index (χ1v) is 43.1. The second-order valence-electron chi connectivity index (χ2n) is 34.5. The fourth-order valence-corrected chi connectivity index (χ4v) is 16.1. The monoisotopic (exact) mass is 1780 g/mol. The van der Waals surface area contributed by atoms with Gasteiger partial charge in [0.25, 0.3) is 0 Å². The van der Waals surface area contributed by atoms with Crippen molar-refractivity contribution in [2.75, 3.05) is 72.4 Å². The highest BCUT2D eigenvalue weighted by Gasteiger charge is 2.53. The molecule has 8 N–H and O–H groups in total. The predicted octanol–water partition coefficient (Wildman–Crippen LogP) is 21.8. The third-order valence-corrected chi connectivity index (χ3v) is 23.4. The molecule has 15 rings (SSSR count). The van der Waals surface area contributed by atoms with Crippen molar-refractivity contribution in [2.24, 2.45) is 0 Å². The van der Waals surface area contributed by atoms with Gasteiger partial charge in [-0.1, -0.05) is 149 Å². The summed E-state index contributed by atoms with van der Waals surface area (Å²) in [6, 6.07) is 66.8. The normalized spacial score (nSPS) is 14.8. The van der Waals surface area contributed by atoms with Crippen LogP contribution in [0.2, 0.25) is 0 Å². The molecule has 5 heterocycles. The van der Waals surface area contributed by atoms with Gasteiger partial charge in [0, 0.05) is 162 Å². The molecule has 18 nitrogen and oxygen atoms in total. The number of amides is 5. The third kappa shape index (κ3) is 25.3. The molecule has 0 fully saturated rings. The minimum Gasteiger partial charge on any atom is -0.376 e. The molecular weight excluding hydrogens is 1660 g/mol. The van der Waals surface area contributed by atoms with Crippen LogP contribution in [0.4, 0.5) is 90.7 Å². The minimum atomic E-state index is -4.74. The van der Waals surface area contributed by atoms with Crippen LogP contribution in [-0.2, 0) is 99.2 Å². The van der Waals surface area contributed by atoms with Gasteiger partial charge in [-0.05, 0) is 246 Å². The van der Waals surface area contributed by atoms with Gasteiger partial charge < -0.3 is 66.1 Å². The van der Waals surface area contributed by atoms with E-state index in [2.05, 4.69) is 147 Å². The van der Waals surface area contributed by atoms with Crippen LogP contribution in [0.3, 0.4) is 0 Å². The zero-order valence-corrected chi connectivity index (χ0v) is 74.6. The van der Waals surface area contributed by atoms with Crippen molar-refractivity contribution in [3.8, 4) is 0 Å². The molecule has 3 unspecified atom stereocenters. The van der Waals surface area contributed by atoms with Crippen LogP contribution >= 0.6 is 0 Å². The molecule has 0 saturated carbocycles. The number of hydrogen-bond acceptors (Lipinski definition) is 12. The second kappa shape index (κ2) is 41.3. The maximum absolute atomic E-state index is 13.0. The lowest BCUT2D eigenvalue weighted by Gasteiger charge is -2.32. The number of aliphatic hydroxyl groups is 3. The van der Waals surface area contributed by atoms with Crippen LogP contribution in [0.1, 0.15) is 186 Å². The zero-order valence-electron chi connectivity index (χ0n) is 74.6. The standard InChI is InChI=1S/C21H23F3N2O2.C21H26N2O.C20H21F3N2O2.C20H19F3N2O2.C20H24N2O/c1-14(27)25-18-9-10-19-16(12-18)4-3-11-26(19)13-15-5-7-17(8-6-15)20(2,28)21(22,23)24;1-15(2)18-8-6-17(7-9-18)14-23-12-4-5-19-13-20(22-16(3)24)10-11-21(19)23;2*1-13(26)24-17-7-8-18-15(11-17)9-10-25(18)12-14-3-5-16(6-4-14)19(2,27)20(21,22)23;1-14(2)17-6-4-16(5-7-17)13-22-11-10-18-12-19(21-15(3)23)8-9-20(18)22/h5-10,12,28H,3-4,11,13H2,1-2H3,(H,25,27);6-11,13,15H,4-5,12,14H2,1-3H3,(H,22,24);3-8,11,27H,9-10,12H2,1-2H3,(H,24,26);3-11,27H,12H2,1-2H3,(H,24,26);4-9,12,14H,10-11,13H2,1-3H3,(H,21,23). The minimum absolute atomic E-state index is 0.0205. The summed E-state index contributed by atoms with van der Waals surface area (Å²) in [5.41, 5.74) is 13.3. The van der Waals surface area contributed by atoms with Gasteiger partial charge in [0.1, 0.15) is 0 Å². The molecule has 4 aliphatic heterocycles. The summed E-state index contributed by atoms with van der Waals surface area (Å²) >= 11 is 0. The Hall–Kier alpha value is -12.5. The highest BCUT2D eigenvalue weighted by Crippen LogP contribution is 2.43. The van der Waals surface area contributed by atoms with E-state index in [4.69, 9.17) is 0 Å². The lowest BCUT2D eigenvalue weighted by Crippen LogP contribution is -2.39. The number of halogens is 9. The summed E-state index contributed by atoms with van der Waals surface area (Å²) in [5, 5.41) is 44.2. The molecule has 11 aromatic rings. The summed E-state index contributed by atoms with van der Waals surface area (Å²) < 4.78 is 119. The van der Waals surface area contributed by atoms with Crippen LogP contribution < -0.4 is 46.2 Å². The van der Waals surface area contributed by atoms with Gasteiger partial charge in [0.2, 0.25) is 29.5 Å². The number of rotatable bonds is 20. The molecule has 129 heavy (non-hydrogen) atoms. The number of anilines is 9. The maximum Gasteiger partial charge on any atom is 0.421 e. The van der Waals surface area contributed by atoms with Crippen LogP contribution in [-0.4, -0.2) is 94.1 Å². The molecule has 682 valence electrons. The molecule has 0 saturated heterocycles. The first kappa shape index (κ1) is 97.2. The zero-order chi connectivity index (χ0) is 93.7. The first-order valence-electron chi connectivity index (χ1n) is 43.1. The molecule has 0 bridgehead atoms. The van der Waals surface area contributed by atoms with E-state index in [0.717, 1.165) is 171 Å². The summed E-state index contributed by atoms with van der Waals surface area (Å²) in [5.74, 6) is 0.703. The van der Waals surface area contributed by atoms with Crippen LogP contribution in [0.5, 0.6) is 0 Å². The molecule has 0 aliphatic carbocycles. The lowest BCUT2D eigenvalue weighted by molar-refractivity contribution is -0.259. The molecular formula is C102H113F9N10O8. The summed E-state index contributed by atoms with van der Waals surface area (Å²) in [7, 11) is 0. The quantitative estimate of drug-likeness (QED) is 0.0334. The van der Waals surface area contributed by atoms with E-state index in [-0.39, 0.29) is 46.2 Å². The Balaban J connectivity index is 0.000000156. The van der Waals surface area contributed by atoms with E-state index >= 15 is 0 Å². The number of fused-ring (bicyclic) bond motifs is 5. The first-order chi connectivity index (χ1) is 60.8. The van der Waals surface area contributed by atoms with Crippen LogP contribution in [0.15, 0.2) is 225 Å². The Kier molecular flexibility index (Phi) is 31.1. The van der Waals surface area contributed by atoms with Gasteiger partial charge in [-0.15, -0.1) is 0 Å². The smallest absolute Gasteiger partial charge is 0.376 e. The number of carbonyl (C=O) groups is 5. The topological polar surface area (TPSA) is 224 Å². The molecule has 0 spiro atoms. The van der Waals surface area contributed by atoms with E-state index in [1.54, 1.807) is 56.3 Å². The molecule has 27 heteroatoms. The molecule has 10 aromatic carbocycles. The lowest BCUT2D eigenvalue weighted by atomic mass is 9.94. The molecule has 0 radical (unpaired) electrons. The number of nitrogens with zero attached hydrogens (tertiary/aromatic N) is 5. The van der Waals surface area contributed by atoms with Gasteiger partial charge in [0.15, 0.2) is 16.8 Å². The fraction of sp³-hybridized carbons (Fsp3) is 0.343. The Morgan fingerprint density at radius 3 is 0.837 bits per heavy atom. The number of carbonyl (C=O) groups excluding carboxylic acids is 5. The summed E-state index contributed by atoms with van der Waals surface area (Å²) in [4.78, 5) is 65.1. The Labute approximate surface area is 747 Å². The SMILES string of the molecule is CC(=O)Nc1ccc2c(c1)CCCN2Cc1ccc(C(C)(O)C(F)(F)F)cc1.CC(=O)Nc1ccc2c(c1)CCCN2Cc1ccc(C(C)C)cc1.CC(=O)Nc1ccc2c(c1)CCN2Cc1ccc(C(C)(O)C(F)(F)F)cc1.CC(=O)Nc1ccc2c(c1)CCN2Cc1ccc(C(C)C)cc1.CC(=O)Nc1ccc2c(ccn2Cc2ccc(C(C)(O)C(F)(F)F)cc2)c1. The number of benzene rings is 10. The number of aromatic nitrogens is 1. The Morgan fingerprint density at radius 2 is 0.566 bits per heavy atom. The second-order valence-corrected chi connectivity index (χ2v) is 34.5. The van der Waals surface area contributed by atoms with Crippen molar-refractivity contribution in [1.29, 1.82) is 0 Å². The molecule has 4 aliphatic rings. The molecule has 1 aromatic heterocycles. The highest BCUT2D eigenvalue weighted by molar-refractivity contribution is 5.94. The Morgan fingerprint density at radius 1 is 0.318 bits per heavy atom. The van der Waals surface area contributed by atoms with E-state index < -0.39 is 35.3 Å². The van der Waals surface area contributed by atoms with Crippen molar-refractivity contribution >= 4 is 91.6 Å². The fourth-order valence-electron chi connectivity index (χ4n) is 16.1. The summed E-state index contributed by atoms with van der Waals surface area (Å²) in [6.45, 7) is 25.8. The largest absolute Gasteiger partial charge is 0.421 e. The number of aryl methyl sites for hydroxylation is 2. The van der Waals surface area contributed by atoms with Gasteiger partial charge in [-0.3, -0.25) is 24.0 Å². The van der Waals surface area contributed by atoms with Crippen molar-refractivity contribution < 1.29 is 78.8 Å². The maximum atomic E-state index is 13.0. The van der Waals surface area contributed by atoms with Crippen LogP contribution in [0.25, 0.3) is 10.9 Å². The number of hydrogen-bond donors (Lipinski definition) is 8. The van der Waals surface area contributed by atoms with E-state index in [1.165, 1.54) is 102 Å². The third-order valence-electron chi connectivity index (χ3n) is 23.4. The molecule has 3 atom stereocenters. The van der Waals surface area contributed by atoms with E-state index in [1.807, 2.05) is 77.5 Å². The van der Waals surface area contributed by atoms with Crippen molar-refractivity contribution in [2.45, 2.75) is 202 Å². The van der Waals surface area contributed by atoms with Gasteiger partial charge in [0.05, 0.1) is 0 Å².